The Kier molecular flexibility index (Phi) is 5.85. The van der Waals surface area contributed by atoms with Gasteiger partial charge in [0.05, 0.1) is 11.6 Å². The van der Waals surface area contributed by atoms with Crippen LogP contribution in [0.5, 0.6) is 0 Å². The van der Waals surface area contributed by atoms with Gasteiger partial charge in [-0.25, -0.2) is 4.98 Å². The SMILES string of the molecule is CCC(C(N)=O)N(C)CC1CCN(C(=O)c2coc(-c3cccnc3)n2)C1. The van der Waals surface area contributed by atoms with Crippen molar-refractivity contribution in [3.8, 4) is 11.5 Å². The lowest BCUT2D eigenvalue weighted by Gasteiger charge is -2.27. The van der Waals surface area contributed by atoms with E-state index in [-0.39, 0.29) is 17.9 Å². The van der Waals surface area contributed by atoms with E-state index >= 15 is 0 Å². The van der Waals surface area contributed by atoms with E-state index in [1.165, 1.54) is 6.26 Å². The van der Waals surface area contributed by atoms with Crippen LogP contribution in [0.1, 0.15) is 30.3 Å². The second kappa shape index (κ2) is 8.30. The zero-order valence-electron chi connectivity index (χ0n) is 15.7. The van der Waals surface area contributed by atoms with Gasteiger partial charge >= 0.3 is 0 Å². The van der Waals surface area contributed by atoms with Crippen molar-refractivity contribution in [3.63, 3.8) is 0 Å². The van der Waals surface area contributed by atoms with Crippen LogP contribution in [-0.4, -0.2) is 64.3 Å². The van der Waals surface area contributed by atoms with Gasteiger partial charge < -0.3 is 15.1 Å². The molecule has 3 heterocycles. The molecule has 8 nitrogen and oxygen atoms in total. The van der Waals surface area contributed by atoms with Gasteiger partial charge in [0.15, 0.2) is 5.69 Å². The van der Waals surface area contributed by atoms with Crippen molar-refractivity contribution >= 4 is 11.8 Å². The molecular formula is C19H25N5O3. The molecule has 2 unspecified atom stereocenters. The average molecular weight is 371 g/mol. The summed E-state index contributed by atoms with van der Waals surface area (Å²) in [4.78, 5) is 36.3. The lowest BCUT2D eigenvalue weighted by Crippen LogP contribution is -2.44. The number of hydrogen-bond donors (Lipinski definition) is 1. The Hall–Kier alpha value is -2.74. The third-order valence-corrected chi connectivity index (χ3v) is 5.00. The fraction of sp³-hybridized carbons (Fsp3) is 0.474. The third kappa shape index (κ3) is 4.33. The second-order valence-electron chi connectivity index (χ2n) is 6.95. The quantitative estimate of drug-likeness (QED) is 0.788. The number of aromatic nitrogens is 2. The molecule has 1 fully saturated rings. The highest BCUT2D eigenvalue weighted by Crippen LogP contribution is 2.22. The van der Waals surface area contributed by atoms with Gasteiger partial charge in [-0.15, -0.1) is 0 Å². The van der Waals surface area contributed by atoms with Gasteiger partial charge in [0, 0.05) is 32.0 Å². The van der Waals surface area contributed by atoms with E-state index in [9.17, 15) is 9.59 Å². The summed E-state index contributed by atoms with van der Waals surface area (Å²) in [5, 5.41) is 0. The molecule has 1 aliphatic heterocycles. The zero-order valence-corrected chi connectivity index (χ0v) is 15.7. The molecule has 2 atom stereocenters. The van der Waals surface area contributed by atoms with Crippen molar-refractivity contribution in [2.24, 2.45) is 11.7 Å². The summed E-state index contributed by atoms with van der Waals surface area (Å²) in [5.74, 6) is 0.240. The number of pyridine rings is 1. The molecule has 0 aromatic carbocycles. The van der Waals surface area contributed by atoms with Crippen molar-refractivity contribution in [3.05, 3.63) is 36.5 Å². The second-order valence-corrected chi connectivity index (χ2v) is 6.95. The molecule has 2 N–H and O–H groups in total. The molecular weight excluding hydrogens is 346 g/mol. The van der Waals surface area contributed by atoms with E-state index in [1.807, 2.05) is 24.9 Å². The first-order valence-electron chi connectivity index (χ1n) is 9.14. The molecule has 0 aliphatic carbocycles. The van der Waals surface area contributed by atoms with Gasteiger partial charge in [-0.1, -0.05) is 6.92 Å². The Bertz CT molecular complexity index is 792. The number of amides is 2. The Labute approximate surface area is 158 Å². The van der Waals surface area contributed by atoms with E-state index in [2.05, 4.69) is 9.97 Å². The predicted molar refractivity (Wildman–Crippen MR) is 99.6 cm³/mol. The van der Waals surface area contributed by atoms with Crippen LogP contribution in [0, 0.1) is 5.92 Å². The first-order chi connectivity index (χ1) is 13.0. The number of carbonyl (C=O) groups excluding carboxylic acids is 2. The van der Waals surface area contributed by atoms with Gasteiger partial charge in [0.2, 0.25) is 11.8 Å². The van der Waals surface area contributed by atoms with Crippen molar-refractivity contribution in [2.75, 3.05) is 26.7 Å². The van der Waals surface area contributed by atoms with E-state index in [0.29, 0.717) is 37.0 Å². The fourth-order valence-corrected chi connectivity index (χ4v) is 3.59. The lowest BCUT2D eigenvalue weighted by molar-refractivity contribution is -0.123. The highest BCUT2D eigenvalue weighted by Gasteiger charge is 2.31. The molecule has 2 aromatic rings. The minimum Gasteiger partial charge on any atom is -0.444 e. The summed E-state index contributed by atoms with van der Waals surface area (Å²) in [6.45, 7) is 3.97. The van der Waals surface area contributed by atoms with Crippen molar-refractivity contribution in [1.29, 1.82) is 0 Å². The number of likely N-dealkylation sites (N-methyl/N-ethyl adjacent to an activating group) is 1. The first kappa shape index (κ1) is 19.0. The number of rotatable bonds is 7. The Morgan fingerprint density at radius 3 is 2.96 bits per heavy atom. The van der Waals surface area contributed by atoms with E-state index in [4.69, 9.17) is 10.2 Å². The number of carbonyl (C=O) groups is 2. The number of primary amides is 1. The van der Waals surface area contributed by atoms with Crippen LogP contribution in [-0.2, 0) is 4.79 Å². The topological polar surface area (TPSA) is 106 Å². The molecule has 1 aliphatic rings. The maximum Gasteiger partial charge on any atom is 0.275 e. The van der Waals surface area contributed by atoms with E-state index in [0.717, 1.165) is 18.5 Å². The summed E-state index contributed by atoms with van der Waals surface area (Å²) in [7, 11) is 1.90. The largest absolute Gasteiger partial charge is 0.444 e. The van der Waals surface area contributed by atoms with Crippen LogP contribution in [0.4, 0.5) is 0 Å². The van der Waals surface area contributed by atoms with Gasteiger partial charge in [0.1, 0.15) is 6.26 Å². The van der Waals surface area contributed by atoms with Crippen LogP contribution in [0.2, 0.25) is 0 Å². The monoisotopic (exact) mass is 371 g/mol. The number of likely N-dealkylation sites (tertiary alicyclic amines) is 1. The van der Waals surface area contributed by atoms with Crippen LogP contribution >= 0.6 is 0 Å². The van der Waals surface area contributed by atoms with Gasteiger partial charge in [0.25, 0.3) is 5.91 Å². The Morgan fingerprint density at radius 2 is 2.30 bits per heavy atom. The van der Waals surface area contributed by atoms with Crippen LogP contribution in [0.15, 0.2) is 35.2 Å². The van der Waals surface area contributed by atoms with Gasteiger partial charge in [-0.3, -0.25) is 19.5 Å². The Balaban J connectivity index is 1.60. The molecule has 144 valence electrons. The van der Waals surface area contributed by atoms with Gasteiger partial charge in [-0.2, -0.15) is 0 Å². The molecule has 2 amide bonds. The smallest absolute Gasteiger partial charge is 0.275 e. The van der Waals surface area contributed by atoms with Crippen LogP contribution < -0.4 is 5.73 Å². The maximum absolute atomic E-state index is 12.7. The summed E-state index contributed by atoms with van der Waals surface area (Å²) in [5.41, 5.74) is 6.48. The molecule has 8 heteroatoms. The zero-order chi connectivity index (χ0) is 19.4. The van der Waals surface area contributed by atoms with Crippen LogP contribution in [0.3, 0.4) is 0 Å². The standard InChI is InChI=1S/C19H25N5O3/c1-3-16(17(20)25)23(2)10-13-6-8-24(11-13)19(26)15-12-27-18(22-15)14-5-4-7-21-9-14/h4-5,7,9,12-13,16H,3,6,8,10-11H2,1-2H3,(H2,20,25). The summed E-state index contributed by atoms with van der Waals surface area (Å²) < 4.78 is 5.44. The Morgan fingerprint density at radius 1 is 1.48 bits per heavy atom. The maximum atomic E-state index is 12.7. The number of oxazole rings is 1. The van der Waals surface area contributed by atoms with E-state index < -0.39 is 0 Å². The fourth-order valence-electron chi connectivity index (χ4n) is 3.59. The predicted octanol–water partition coefficient (Wildman–Crippen LogP) is 1.39. The van der Waals surface area contributed by atoms with Crippen LogP contribution in [0.25, 0.3) is 11.5 Å². The first-order valence-corrected chi connectivity index (χ1v) is 9.14. The summed E-state index contributed by atoms with van der Waals surface area (Å²) in [6.07, 6.45) is 6.27. The molecule has 0 saturated carbocycles. The van der Waals surface area contributed by atoms with Crippen molar-refractivity contribution in [2.45, 2.75) is 25.8 Å². The highest BCUT2D eigenvalue weighted by molar-refractivity contribution is 5.92. The minimum atomic E-state index is -0.309. The molecule has 1 saturated heterocycles. The average Bonchev–Trinajstić information content (AvgIpc) is 3.32. The van der Waals surface area contributed by atoms with E-state index in [1.54, 1.807) is 23.4 Å². The summed E-state index contributed by atoms with van der Waals surface area (Å²) in [6, 6.07) is 3.35. The number of hydrogen-bond acceptors (Lipinski definition) is 6. The minimum absolute atomic E-state index is 0.138. The molecule has 27 heavy (non-hydrogen) atoms. The number of nitrogens with zero attached hydrogens (tertiary/aromatic N) is 4. The molecule has 0 spiro atoms. The van der Waals surface area contributed by atoms with Gasteiger partial charge in [-0.05, 0) is 37.9 Å². The highest BCUT2D eigenvalue weighted by atomic mass is 16.3. The van der Waals surface area contributed by atoms with Crippen molar-refractivity contribution < 1.29 is 14.0 Å². The molecule has 3 rings (SSSR count). The molecule has 0 radical (unpaired) electrons. The molecule has 2 aromatic heterocycles. The summed E-state index contributed by atoms with van der Waals surface area (Å²) >= 11 is 0. The third-order valence-electron chi connectivity index (χ3n) is 5.00. The lowest BCUT2D eigenvalue weighted by atomic mass is 10.1. The normalized spacial score (nSPS) is 18.0. The number of nitrogens with two attached hydrogens (primary N) is 1. The van der Waals surface area contributed by atoms with Crippen molar-refractivity contribution in [1.82, 2.24) is 19.8 Å². The molecule has 0 bridgehead atoms.